The largest absolute Gasteiger partial charge is 0.370 e. The smallest absolute Gasteiger partial charge is 0.243 e. The minimum atomic E-state index is -1.67. The number of benzene rings is 2. The summed E-state index contributed by atoms with van der Waals surface area (Å²) in [6, 6.07) is 7.78. The molecule has 1 saturated heterocycles. The summed E-state index contributed by atoms with van der Waals surface area (Å²) in [6.45, 7) is 0.678. The maximum absolute atomic E-state index is 14.2. The van der Waals surface area contributed by atoms with Crippen molar-refractivity contribution in [3.8, 4) is 0 Å². The van der Waals surface area contributed by atoms with Crippen molar-refractivity contribution in [3.63, 3.8) is 0 Å². The Hall–Kier alpha value is -8.05. The number of fused-ring (bicyclic) bond motifs is 1. The SMILES string of the molecule is CC(=O)N[C@@H](CCCN=C(N)N)C(=O)NC1CC(=O)NCCCCC(C(=O)NC2CC2)NC(=O)[C@H](Cc2c[nH]c3ccccc23)NC(=O)CNC(=O)C(Cc2ccccc2)NC(=O)[C@H](CCC(N)=O)NC1=O. The van der Waals surface area contributed by atoms with E-state index in [9.17, 15) is 47.9 Å². The predicted octanol–water partition coefficient (Wildman–Crippen LogP) is -2.71. The number of rotatable bonds is 16. The van der Waals surface area contributed by atoms with Gasteiger partial charge in [0.1, 0.15) is 36.3 Å². The number of guanidine groups is 1. The van der Waals surface area contributed by atoms with Gasteiger partial charge >= 0.3 is 0 Å². The van der Waals surface area contributed by atoms with E-state index >= 15 is 0 Å². The van der Waals surface area contributed by atoms with Crippen LogP contribution < -0.4 is 65.1 Å². The lowest BCUT2D eigenvalue weighted by atomic mass is 10.0. The predicted molar refractivity (Wildman–Crippen MR) is 263 cm³/mol. The highest BCUT2D eigenvalue weighted by Gasteiger charge is 2.34. The first kappa shape index (κ1) is 54.9. The van der Waals surface area contributed by atoms with Gasteiger partial charge in [-0.2, -0.15) is 0 Å². The molecule has 388 valence electrons. The number of para-hydroxylation sites is 1. The molecule has 1 aliphatic carbocycles. The Morgan fingerprint density at radius 3 is 2.14 bits per heavy atom. The quantitative estimate of drug-likeness (QED) is 0.0396. The molecule has 1 aliphatic heterocycles. The van der Waals surface area contributed by atoms with Crippen molar-refractivity contribution < 1.29 is 47.9 Å². The zero-order valence-corrected chi connectivity index (χ0v) is 40.2. The summed E-state index contributed by atoms with van der Waals surface area (Å²) in [5, 5.41) is 24.6. The van der Waals surface area contributed by atoms with E-state index in [1.54, 1.807) is 36.5 Å². The summed E-state index contributed by atoms with van der Waals surface area (Å²) in [5.41, 5.74) is 18.4. The fraction of sp³-hybridized carbons (Fsp3) is 0.479. The van der Waals surface area contributed by atoms with Crippen LogP contribution in [0.4, 0.5) is 0 Å². The highest BCUT2D eigenvalue weighted by molar-refractivity contribution is 5.98. The van der Waals surface area contributed by atoms with Gasteiger partial charge in [0.25, 0.3) is 0 Å². The molecule has 0 spiro atoms. The number of H-pyrrole nitrogens is 1. The van der Waals surface area contributed by atoms with Crippen LogP contribution >= 0.6 is 0 Å². The van der Waals surface area contributed by atoms with Gasteiger partial charge in [-0.1, -0.05) is 48.5 Å². The van der Waals surface area contributed by atoms with Gasteiger partial charge in [0.15, 0.2) is 5.96 Å². The Kier molecular flexibility index (Phi) is 20.9. The van der Waals surface area contributed by atoms with Crippen LogP contribution in [-0.4, -0.2) is 132 Å². The normalized spacial score (nSPS) is 21.5. The number of nitrogens with two attached hydrogens (primary N) is 3. The summed E-state index contributed by atoms with van der Waals surface area (Å²) in [5.74, 6) is -7.84. The highest BCUT2D eigenvalue weighted by atomic mass is 16.2. The number of hydrogen-bond acceptors (Lipinski definition) is 11. The van der Waals surface area contributed by atoms with Crippen molar-refractivity contribution in [2.24, 2.45) is 22.2 Å². The van der Waals surface area contributed by atoms with E-state index in [4.69, 9.17) is 17.2 Å². The van der Waals surface area contributed by atoms with Crippen LogP contribution in [0.3, 0.4) is 0 Å². The zero-order valence-electron chi connectivity index (χ0n) is 40.2. The third-order valence-corrected chi connectivity index (χ3v) is 11.9. The van der Waals surface area contributed by atoms with Crippen molar-refractivity contribution in [1.29, 1.82) is 0 Å². The van der Waals surface area contributed by atoms with Gasteiger partial charge in [-0.25, -0.2) is 0 Å². The van der Waals surface area contributed by atoms with Gasteiger partial charge in [0.2, 0.25) is 59.1 Å². The Morgan fingerprint density at radius 1 is 0.736 bits per heavy atom. The third kappa shape index (κ3) is 18.4. The molecule has 72 heavy (non-hydrogen) atoms. The molecule has 2 aliphatic rings. The maximum atomic E-state index is 14.2. The number of carbonyl (C=O) groups is 10. The molecule has 16 N–H and O–H groups in total. The van der Waals surface area contributed by atoms with Gasteiger partial charge in [0.05, 0.1) is 13.0 Å². The number of aromatic amines is 1. The number of carbonyl (C=O) groups excluding carboxylic acids is 10. The van der Waals surface area contributed by atoms with Crippen molar-refractivity contribution in [2.75, 3.05) is 19.6 Å². The van der Waals surface area contributed by atoms with Crippen LogP contribution in [0.15, 0.2) is 65.8 Å². The topological polar surface area (TPSA) is 385 Å². The Bertz CT molecular complexity index is 2460. The maximum Gasteiger partial charge on any atom is 0.243 e. The molecule has 1 saturated carbocycles. The lowest BCUT2D eigenvalue weighted by Gasteiger charge is -2.26. The lowest BCUT2D eigenvalue weighted by Crippen LogP contribution is -2.59. The first-order valence-corrected chi connectivity index (χ1v) is 24.0. The number of amides is 10. The molecule has 0 bridgehead atoms. The summed E-state index contributed by atoms with van der Waals surface area (Å²) >= 11 is 0. The monoisotopic (exact) mass is 999 g/mol. The van der Waals surface area contributed by atoms with E-state index in [1.165, 1.54) is 6.92 Å². The lowest BCUT2D eigenvalue weighted by molar-refractivity contribution is -0.136. The molecule has 1 aromatic heterocycles. The fourth-order valence-electron chi connectivity index (χ4n) is 7.95. The van der Waals surface area contributed by atoms with Crippen LogP contribution in [0.5, 0.6) is 0 Å². The fourth-order valence-corrected chi connectivity index (χ4v) is 7.95. The molecule has 2 heterocycles. The number of nitrogens with one attached hydrogen (secondary N) is 10. The first-order chi connectivity index (χ1) is 34.4. The summed E-state index contributed by atoms with van der Waals surface area (Å²) < 4.78 is 0. The minimum absolute atomic E-state index is 0.00159. The summed E-state index contributed by atoms with van der Waals surface area (Å²) in [7, 11) is 0. The van der Waals surface area contributed by atoms with E-state index in [0.29, 0.717) is 24.0 Å². The second-order valence-electron chi connectivity index (χ2n) is 17.9. The molecule has 0 radical (unpaired) electrons. The third-order valence-electron chi connectivity index (χ3n) is 11.9. The second-order valence-corrected chi connectivity index (χ2v) is 17.9. The Morgan fingerprint density at radius 2 is 1.43 bits per heavy atom. The second kappa shape index (κ2) is 27.4. The average molecular weight is 999 g/mol. The van der Waals surface area contributed by atoms with Gasteiger partial charge in [-0.05, 0) is 68.6 Å². The van der Waals surface area contributed by atoms with E-state index in [0.717, 1.165) is 23.7 Å². The van der Waals surface area contributed by atoms with Crippen molar-refractivity contribution in [1.82, 2.24) is 52.8 Å². The molecule has 3 aromatic rings. The van der Waals surface area contributed by atoms with Crippen molar-refractivity contribution in [3.05, 3.63) is 71.9 Å². The van der Waals surface area contributed by atoms with Gasteiger partial charge < -0.3 is 70.0 Å². The number of primary amides is 1. The van der Waals surface area contributed by atoms with Crippen LogP contribution in [0.1, 0.15) is 82.3 Å². The summed E-state index contributed by atoms with van der Waals surface area (Å²) in [4.78, 5) is 143. The molecule has 6 atom stereocenters. The van der Waals surface area contributed by atoms with Crippen molar-refractivity contribution >= 4 is 75.9 Å². The number of nitrogens with zero attached hydrogens (tertiary/aromatic N) is 1. The van der Waals surface area contributed by atoms with Crippen LogP contribution in [0, 0.1) is 0 Å². The van der Waals surface area contributed by atoms with Crippen LogP contribution in [0.25, 0.3) is 10.9 Å². The van der Waals surface area contributed by atoms with E-state index in [-0.39, 0.29) is 63.6 Å². The van der Waals surface area contributed by atoms with Gasteiger partial charge in [-0.3, -0.25) is 52.9 Å². The molecule has 5 rings (SSSR count). The highest BCUT2D eigenvalue weighted by Crippen LogP contribution is 2.21. The zero-order chi connectivity index (χ0) is 52.2. The van der Waals surface area contributed by atoms with Gasteiger partial charge in [-0.15, -0.1) is 0 Å². The van der Waals surface area contributed by atoms with Crippen LogP contribution in [-0.2, 0) is 60.8 Å². The standard InChI is InChI=1S/C48H66N14O10/c1-27(63)56-33(15-9-21-53-48(50)51)44(69)62-38-24-40(65)52-20-8-7-14-34(43(68)57-30-16-17-30)59-46(71)37(23-29-25-54-32-13-6-5-12-31(29)32)58-41(66)26-55-42(67)36(22-28-10-3-2-4-11-28)61-45(70)35(60-47(38)72)18-19-39(49)64/h2-6,10-13,25,30,33-38,54H,7-9,14-24,26H2,1H3,(H2,49,64)(H,52,65)(H,55,67)(H,56,63)(H,57,68)(H,58,66)(H,59,71)(H,60,72)(H,61,70)(H,62,69)(H4,50,51,53)/t33-,34?,35-,36?,37-,38?/m0/s1. The van der Waals surface area contributed by atoms with Crippen molar-refractivity contribution in [2.45, 2.75) is 126 Å². The Labute approximate surface area is 415 Å². The van der Waals surface area contributed by atoms with E-state index in [1.807, 2.05) is 24.3 Å². The van der Waals surface area contributed by atoms with E-state index < -0.39 is 115 Å². The Balaban J connectivity index is 1.46. The molecule has 24 heteroatoms. The number of aromatic nitrogens is 1. The first-order valence-electron chi connectivity index (χ1n) is 24.0. The molecule has 2 fully saturated rings. The molecular formula is C48H66N14O10. The molecule has 2 aromatic carbocycles. The molecular weight excluding hydrogens is 933 g/mol. The molecule has 24 nitrogen and oxygen atoms in total. The molecule has 3 unspecified atom stereocenters. The van der Waals surface area contributed by atoms with Gasteiger partial charge in [0, 0.05) is 62.4 Å². The number of hydrogen-bond donors (Lipinski definition) is 13. The molecule has 10 amide bonds. The van der Waals surface area contributed by atoms with E-state index in [2.05, 4.69) is 57.8 Å². The minimum Gasteiger partial charge on any atom is -0.370 e. The van der Waals surface area contributed by atoms with Crippen LogP contribution in [0.2, 0.25) is 0 Å². The average Bonchev–Trinajstić information content (AvgIpc) is 4.07. The number of aliphatic imine (C=N–C) groups is 1. The summed E-state index contributed by atoms with van der Waals surface area (Å²) in [6.07, 6.45) is 2.70.